The average molecular weight is 284 g/mol. The Kier molecular flexibility index (Phi) is 3.73. The van der Waals surface area contributed by atoms with E-state index in [9.17, 15) is 4.79 Å². The zero-order chi connectivity index (χ0) is 14.8. The zero-order valence-electron chi connectivity index (χ0n) is 12.5. The molecule has 1 aliphatic rings. The lowest BCUT2D eigenvalue weighted by atomic mass is 9.95. The minimum atomic E-state index is -0.118. The molecule has 1 atom stereocenters. The van der Waals surface area contributed by atoms with Crippen molar-refractivity contribution >= 4 is 5.91 Å². The van der Waals surface area contributed by atoms with E-state index in [4.69, 9.17) is 0 Å². The van der Waals surface area contributed by atoms with E-state index in [1.807, 2.05) is 32.2 Å². The van der Waals surface area contributed by atoms with Crippen molar-refractivity contribution in [3.63, 3.8) is 0 Å². The Morgan fingerprint density at radius 2 is 2.14 bits per heavy atom. The first kappa shape index (κ1) is 13.8. The van der Waals surface area contributed by atoms with Crippen molar-refractivity contribution in [2.75, 3.05) is 0 Å². The summed E-state index contributed by atoms with van der Waals surface area (Å²) in [6.07, 6.45) is 5.96. The quantitative estimate of drug-likeness (QED) is 0.940. The largest absolute Gasteiger partial charge is 0.343 e. The second kappa shape index (κ2) is 5.68. The summed E-state index contributed by atoms with van der Waals surface area (Å²) in [5.74, 6) is -0.0636. The Morgan fingerprint density at radius 1 is 1.33 bits per heavy atom. The van der Waals surface area contributed by atoms with E-state index in [2.05, 4.69) is 15.4 Å². The predicted octanol–water partition coefficient (Wildman–Crippen LogP) is 2.18. The van der Waals surface area contributed by atoms with E-state index in [0.29, 0.717) is 5.69 Å². The van der Waals surface area contributed by atoms with Gasteiger partial charge in [0.1, 0.15) is 5.69 Å². The summed E-state index contributed by atoms with van der Waals surface area (Å²) in [4.78, 5) is 16.9. The van der Waals surface area contributed by atoms with Gasteiger partial charge < -0.3 is 5.32 Å². The molecule has 5 nitrogen and oxygen atoms in total. The molecule has 3 rings (SSSR count). The van der Waals surface area contributed by atoms with Gasteiger partial charge in [0, 0.05) is 18.8 Å². The number of hydrogen-bond donors (Lipinski definition) is 1. The number of hydrogen-bond acceptors (Lipinski definition) is 3. The van der Waals surface area contributed by atoms with Crippen molar-refractivity contribution in [1.82, 2.24) is 20.1 Å². The third-order valence-electron chi connectivity index (χ3n) is 4.01. The topological polar surface area (TPSA) is 59.8 Å². The van der Waals surface area contributed by atoms with Gasteiger partial charge in [0.05, 0.1) is 17.4 Å². The fraction of sp³-hybridized carbons (Fsp3) is 0.438. The van der Waals surface area contributed by atoms with Crippen molar-refractivity contribution in [3.05, 3.63) is 47.0 Å². The van der Waals surface area contributed by atoms with Crippen LogP contribution in [0, 0.1) is 0 Å². The number of fused-ring (bicyclic) bond motifs is 1. The van der Waals surface area contributed by atoms with Gasteiger partial charge in [0.15, 0.2) is 0 Å². The van der Waals surface area contributed by atoms with Crippen LogP contribution in [0.2, 0.25) is 0 Å². The second-order valence-electron chi connectivity index (χ2n) is 5.55. The summed E-state index contributed by atoms with van der Waals surface area (Å²) in [6.45, 7) is 1.95. The van der Waals surface area contributed by atoms with Crippen LogP contribution in [0.15, 0.2) is 24.4 Å². The lowest BCUT2D eigenvalue weighted by Crippen LogP contribution is -2.29. The van der Waals surface area contributed by atoms with Crippen molar-refractivity contribution in [1.29, 1.82) is 0 Å². The van der Waals surface area contributed by atoms with Gasteiger partial charge in [0.25, 0.3) is 5.91 Å². The highest BCUT2D eigenvalue weighted by molar-refractivity contribution is 5.94. The van der Waals surface area contributed by atoms with Crippen molar-refractivity contribution in [2.45, 2.75) is 38.6 Å². The van der Waals surface area contributed by atoms with Crippen LogP contribution < -0.4 is 5.32 Å². The van der Waals surface area contributed by atoms with E-state index >= 15 is 0 Å². The minimum Gasteiger partial charge on any atom is -0.343 e. The first-order chi connectivity index (χ1) is 10.2. The zero-order valence-corrected chi connectivity index (χ0v) is 12.5. The highest BCUT2D eigenvalue weighted by Crippen LogP contribution is 2.24. The molecule has 0 fully saturated rings. The van der Waals surface area contributed by atoms with Crippen LogP contribution in [0.25, 0.3) is 0 Å². The monoisotopic (exact) mass is 284 g/mol. The molecule has 0 spiro atoms. The SMILES string of the molecule is C[C@H](NC(=O)c1c2c(nn1C)CCCC2)c1ccccn1. The molecule has 5 heteroatoms. The highest BCUT2D eigenvalue weighted by Gasteiger charge is 2.24. The van der Waals surface area contributed by atoms with E-state index in [1.165, 1.54) is 0 Å². The molecule has 21 heavy (non-hydrogen) atoms. The molecule has 1 amide bonds. The van der Waals surface area contributed by atoms with Crippen molar-refractivity contribution < 1.29 is 4.79 Å². The van der Waals surface area contributed by atoms with Crippen LogP contribution in [0.4, 0.5) is 0 Å². The second-order valence-corrected chi connectivity index (χ2v) is 5.55. The maximum Gasteiger partial charge on any atom is 0.270 e. The summed E-state index contributed by atoms with van der Waals surface area (Å²) >= 11 is 0. The molecule has 1 aliphatic carbocycles. The third-order valence-corrected chi connectivity index (χ3v) is 4.01. The van der Waals surface area contributed by atoms with Gasteiger partial charge in [-0.05, 0) is 44.7 Å². The molecule has 2 aromatic rings. The van der Waals surface area contributed by atoms with Crippen molar-refractivity contribution in [2.24, 2.45) is 7.05 Å². The molecule has 0 unspecified atom stereocenters. The van der Waals surface area contributed by atoms with Gasteiger partial charge in [-0.3, -0.25) is 14.5 Å². The normalized spacial score (nSPS) is 15.3. The Labute approximate surface area is 124 Å². The fourth-order valence-electron chi connectivity index (χ4n) is 2.94. The molecular weight excluding hydrogens is 264 g/mol. The van der Waals surface area contributed by atoms with Gasteiger partial charge in [0.2, 0.25) is 0 Å². The number of nitrogens with zero attached hydrogens (tertiary/aromatic N) is 3. The third kappa shape index (κ3) is 2.68. The van der Waals surface area contributed by atoms with Crippen LogP contribution in [0.5, 0.6) is 0 Å². The number of carbonyl (C=O) groups excluding carboxylic acids is 1. The number of amides is 1. The van der Waals surface area contributed by atoms with Crippen LogP contribution in [0.3, 0.4) is 0 Å². The molecule has 0 radical (unpaired) electrons. The maximum absolute atomic E-state index is 12.6. The average Bonchev–Trinajstić information content (AvgIpc) is 2.83. The van der Waals surface area contributed by atoms with Gasteiger partial charge >= 0.3 is 0 Å². The van der Waals surface area contributed by atoms with Crippen LogP contribution in [-0.4, -0.2) is 20.7 Å². The van der Waals surface area contributed by atoms with E-state index in [-0.39, 0.29) is 11.9 Å². The molecular formula is C16H20N4O. The molecule has 0 aromatic carbocycles. The molecule has 0 bridgehead atoms. The van der Waals surface area contributed by atoms with Gasteiger partial charge in [-0.2, -0.15) is 5.10 Å². The maximum atomic E-state index is 12.6. The fourth-order valence-corrected chi connectivity index (χ4v) is 2.94. The number of aryl methyl sites for hydroxylation is 2. The standard InChI is InChI=1S/C16H20N4O/c1-11(13-8-5-6-10-17-13)18-16(21)15-12-7-3-4-9-14(12)19-20(15)2/h5-6,8,10-11H,3-4,7,9H2,1-2H3,(H,18,21)/t11-/m0/s1. The smallest absolute Gasteiger partial charge is 0.270 e. The molecule has 0 saturated heterocycles. The number of nitrogens with one attached hydrogen (secondary N) is 1. The first-order valence-corrected chi connectivity index (χ1v) is 7.43. The summed E-state index contributed by atoms with van der Waals surface area (Å²) in [5, 5.41) is 7.52. The Bertz CT molecular complexity index is 648. The molecule has 0 aliphatic heterocycles. The van der Waals surface area contributed by atoms with Gasteiger partial charge in [-0.15, -0.1) is 0 Å². The van der Waals surface area contributed by atoms with Gasteiger partial charge in [-0.1, -0.05) is 6.07 Å². The van der Waals surface area contributed by atoms with Crippen molar-refractivity contribution in [3.8, 4) is 0 Å². The van der Waals surface area contributed by atoms with Crippen LogP contribution in [0.1, 0.15) is 53.2 Å². The lowest BCUT2D eigenvalue weighted by Gasteiger charge is -2.15. The highest BCUT2D eigenvalue weighted by atomic mass is 16.2. The minimum absolute atomic E-state index is 0.0636. The summed E-state index contributed by atoms with van der Waals surface area (Å²) < 4.78 is 1.72. The summed E-state index contributed by atoms with van der Waals surface area (Å²) in [7, 11) is 1.85. The van der Waals surface area contributed by atoms with Crippen LogP contribution >= 0.6 is 0 Å². The number of carbonyl (C=O) groups is 1. The molecule has 2 heterocycles. The molecule has 2 aromatic heterocycles. The van der Waals surface area contributed by atoms with E-state index in [0.717, 1.165) is 42.6 Å². The predicted molar refractivity (Wildman–Crippen MR) is 80.0 cm³/mol. The van der Waals surface area contributed by atoms with Crippen LogP contribution in [-0.2, 0) is 19.9 Å². The van der Waals surface area contributed by atoms with E-state index < -0.39 is 0 Å². The van der Waals surface area contributed by atoms with Gasteiger partial charge in [-0.25, -0.2) is 0 Å². The summed E-state index contributed by atoms with van der Waals surface area (Å²) in [6, 6.07) is 5.60. The Morgan fingerprint density at radius 3 is 2.90 bits per heavy atom. The number of aromatic nitrogens is 3. The Balaban J connectivity index is 1.81. The Hall–Kier alpha value is -2.17. The first-order valence-electron chi connectivity index (χ1n) is 7.43. The molecule has 1 N–H and O–H groups in total. The van der Waals surface area contributed by atoms with E-state index in [1.54, 1.807) is 10.9 Å². The lowest BCUT2D eigenvalue weighted by molar-refractivity contribution is 0.0928. The number of rotatable bonds is 3. The molecule has 0 saturated carbocycles. The molecule has 110 valence electrons. The number of pyridine rings is 1. The summed E-state index contributed by atoms with van der Waals surface area (Å²) in [5.41, 5.74) is 3.77.